The molecular formula is C17H20ClN2OS+. The Morgan fingerprint density at radius 3 is 2.59 bits per heavy atom. The number of halogens is 1. The lowest BCUT2D eigenvalue weighted by Crippen LogP contribution is -2.86. The molecule has 3 N–H and O–H groups in total. The van der Waals surface area contributed by atoms with Crippen molar-refractivity contribution in [3.8, 4) is 0 Å². The number of anilines is 1. The smallest absolute Gasteiger partial charge is 0.279 e. The van der Waals surface area contributed by atoms with Gasteiger partial charge in [-0.05, 0) is 37.4 Å². The van der Waals surface area contributed by atoms with Crippen molar-refractivity contribution in [2.75, 3.05) is 18.1 Å². The van der Waals surface area contributed by atoms with E-state index in [0.29, 0.717) is 6.54 Å². The van der Waals surface area contributed by atoms with Crippen LogP contribution < -0.4 is 10.6 Å². The summed E-state index contributed by atoms with van der Waals surface area (Å²) in [5.74, 6) is 0.00214. The summed E-state index contributed by atoms with van der Waals surface area (Å²) in [6.07, 6.45) is 2.00. The second kappa shape index (κ2) is 8.22. The number of quaternary nitrogens is 1. The minimum absolute atomic E-state index is 0.00214. The fourth-order valence-corrected chi connectivity index (χ4v) is 2.82. The molecule has 0 radical (unpaired) electrons. The Morgan fingerprint density at radius 2 is 1.91 bits per heavy atom. The molecule has 0 aromatic heterocycles. The predicted molar refractivity (Wildman–Crippen MR) is 93.5 cm³/mol. The Balaban J connectivity index is 1.88. The monoisotopic (exact) mass is 335 g/mol. The first-order valence-electron chi connectivity index (χ1n) is 7.12. The van der Waals surface area contributed by atoms with E-state index in [-0.39, 0.29) is 11.9 Å². The van der Waals surface area contributed by atoms with E-state index < -0.39 is 0 Å². The molecule has 3 nitrogen and oxygen atoms in total. The van der Waals surface area contributed by atoms with Crippen LogP contribution in [0.5, 0.6) is 0 Å². The average molecular weight is 336 g/mol. The van der Waals surface area contributed by atoms with Crippen molar-refractivity contribution in [2.24, 2.45) is 0 Å². The normalized spacial score (nSPS) is 12.0. The first-order valence-corrected chi connectivity index (χ1v) is 8.72. The van der Waals surface area contributed by atoms with Gasteiger partial charge in [-0.2, -0.15) is 0 Å². The van der Waals surface area contributed by atoms with Crippen LogP contribution in [0.4, 0.5) is 5.69 Å². The third kappa shape index (κ3) is 4.77. The molecule has 0 saturated heterocycles. The molecule has 0 aliphatic rings. The molecule has 0 bridgehead atoms. The zero-order valence-corrected chi connectivity index (χ0v) is 14.2. The lowest BCUT2D eigenvalue weighted by atomic mass is 10.1. The number of amides is 1. The van der Waals surface area contributed by atoms with Gasteiger partial charge < -0.3 is 10.6 Å². The SMILES string of the molecule is CSc1ccccc1NC(=O)C[NH2+][C@@H](C)c1ccc(Cl)cc1. The molecule has 5 heteroatoms. The minimum Gasteiger partial charge on any atom is -0.333 e. The van der Waals surface area contributed by atoms with Crippen LogP contribution in [-0.2, 0) is 4.79 Å². The molecule has 1 amide bonds. The van der Waals surface area contributed by atoms with Crippen LogP contribution in [0.3, 0.4) is 0 Å². The molecular weight excluding hydrogens is 316 g/mol. The number of para-hydroxylation sites is 1. The van der Waals surface area contributed by atoms with Crippen LogP contribution in [0.15, 0.2) is 53.4 Å². The van der Waals surface area contributed by atoms with Crippen molar-refractivity contribution in [2.45, 2.75) is 17.9 Å². The van der Waals surface area contributed by atoms with Gasteiger partial charge in [-0.25, -0.2) is 0 Å². The van der Waals surface area contributed by atoms with E-state index in [9.17, 15) is 4.79 Å². The highest BCUT2D eigenvalue weighted by Crippen LogP contribution is 2.24. The number of carbonyl (C=O) groups excluding carboxylic acids is 1. The largest absolute Gasteiger partial charge is 0.333 e. The predicted octanol–water partition coefficient (Wildman–Crippen LogP) is 3.33. The zero-order chi connectivity index (χ0) is 15.9. The molecule has 2 aromatic carbocycles. The fourth-order valence-electron chi connectivity index (χ4n) is 2.14. The van der Waals surface area contributed by atoms with Gasteiger partial charge in [0.25, 0.3) is 5.91 Å². The highest BCUT2D eigenvalue weighted by Gasteiger charge is 2.12. The van der Waals surface area contributed by atoms with Crippen LogP contribution in [-0.4, -0.2) is 18.7 Å². The summed E-state index contributed by atoms with van der Waals surface area (Å²) in [6.45, 7) is 2.46. The third-order valence-electron chi connectivity index (χ3n) is 3.43. The van der Waals surface area contributed by atoms with Gasteiger partial charge in [0.1, 0.15) is 6.04 Å². The van der Waals surface area contributed by atoms with E-state index in [2.05, 4.69) is 12.2 Å². The number of hydrogen-bond acceptors (Lipinski definition) is 2. The Morgan fingerprint density at radius 1 is 1.23 bits per heavy atom. The van der Waals surface area contributed by atoms with Crippen molar-refractivity contribution in [3.05, 3.63) is 59.1 Å². The summed E-state index contributed by atoms with van der Waals surface area (Å²) in [4.78, 5) is 13.2. The first-order chi connectivity index (χ1) is 10.6. The van der Waals surface area contributed by atoms with E-state index >= 15 is 0 Å². The van der Waals surface area contributed by atoms with Gasteiger partial charge >= 0.3 is 0 Å². The maximum atomic E-state index is 12.1. The van der Waals surface area contributed by atoms with E-state index in [1.54, 1.807) is 11.8 Å². The van der Waals surface area contributed by atoms with Crippen molar-refractivity contribution in [1.82, 2.24) is 0 Å². The Bertz CT molecular complexity index is 631. The van der Waals surface area contributed by atoms with Crippen molar-refractivity contribution < 1.29 is 10.1 Å². The highest BCUT2D eigenvalue weighted by atomic mass is 35.5. The summed E-state index contributed by atoms with van der Waals surface area (Å²) in [5.41, 5.74) is 2.02. The molecule has 2 aromatic rings. The average Bonchev–Trinajstić information content (AvgIpc) is 2.54. The number of nitrogens with two attached hydrogens (primary N) is 1. The molecule has 2 rings (SSSR count). The first kappa shape index (κ1) is 16.9. The molecule has 1 atom stereocenters. The molecule has 0 unspecified atom stereocenters. The van der Waals surface area contributed by atoms with Gasteiger partial charge in [0.05, 0.1) is 5.69 Å². The van der Waals surface area contributed by atoms with Gasteiger partial charge in [0.2, 0.25) is 0 Å². The van der Waals surface area contributed by atoms with E-state index in [4.69, 9.17) is 11.6 Å². The lowest BCUT2D eigenvalue weighted by molar-refractivity contribution is -0.682. The summed E-state index contributed by atoms with van der Waals surface area (Å²) in [5, 5.41) is 5.70. The molecule has 22 heavy (non-hydrogen) atoms. The maximum absolute atomic E-state index is 12.1. The van der Waals surface area contributed by atoms with Crippen molar-refractivity contribution >= 4 is 35.0 Å². The molecule has 0 aliphatic carbocycles. The highest BCUT2D eigenvalue weighted by molar-refractivity contribution is 7.98. The number of thioether (sulfide) groups is 1. The lowest BCUT2D eigenvalue weighted by Gasteiger charge is -2.12. The van der Waals surface area contributed by atoms with E-state index in [0.717, 1.165) is 21.2 Å². The number of carbonyl (C=O) groups is 1. The summed E-state index contributed by atoms with van der Waals surface area (Å²) >= 11 is 7.51. The summed E-state index contributed by atoms with van der Waals surface area (Å²) in [7, 11) is 0. The van der Waals surface area contributed by atoms with Gasteiger partial charge in [0, 0.05) is 15.5 Å². The second-order valence-electron chi connectivity index (χ2n) is 5.03. The van der Waals surface area contributed by atoms with E-state index in [1.807, 2.05) is 60.1 Å². The quantitative estimate of drug-likeness (QED) is 0.795. The molecule has 0 heterocycles. The third-order valence-corrected chi connectivity index (χ3v) is 4.48. The fraction of sp³-hybridized carbons (Fsp3) is 0.235. The van der Waals surface area contributed by atoms with Crippen LogP contribution in [0.1, 0.15) is 18.5 Å². The number of hydrogen-bond donors (Lipinski definition) is 2. The topological polar surface area (TPSA) is 45.7 Å². The molecule has 0 aliphatic heterocycles. The molecule has 116 valence electrons. The maximum Gasteiger partial charge on any atom is 0.279 e. The molecule has 0 fully saturated rings. The van der Waals surface area contributed by atoms with Crippen molar-refractivity contribution in [1.29, 1.82) is 0 Å². The zero-order valence-electron chi connectivity index (χ0n) is 12.7. The molecule has 0 saturated carbocycles. The minimum atomic E-state index is 0.00214. The standard InChI is InChI=1S/C17H19ClN2OS/c1-12(13-7-9-14(18)10-8-13)19-11-17(21)20-15-5-3-4-6-16(15)22-2/h3-10,12,19H,11H2,1-2H3,(H,20,21)/p+1/t12-/m0/s1. The summed E-state index contributed by atoms with van der Waals surface area (Å²) < 4.78 is 0. The van der Waals surface area contributed by atoms with Crippen LogP contribution in [0, 0.1) is 0 Å². The van der Waals surface area contributed by atoms with Crippen LogP contribution in [0.2, 0.25) is 5.02 Å². The number of nitrogens with one attached hydrogen (secondary N) is 1. The van der Waals surface area contributed by atoms with Crippen molar-refractivity contribution in [3.63, 3.8) is 0 Å². The summed E-state index contributed by atoms with van der Waals surface area (Å²) in [6, 6.07) is 15.7. The van der Waals surface area contributed by atoms with Crippen LogP contribution >= 0.6 is 23.4 Å². The second-order valence-corrected chi connectivity index (χ2v) is 6.31. The van der Waals surface area contributed by atoms with Gasteiger partial charge in [-0.1, -0.05) is 35.9 Å². The van der Waals surface area contributed by atoms with Gasteiger partial charge in [-0.3, -0.25) is 4.79 Å². The van der Waals surface area contributed by atoms with E-state index in [1.165, 1.54) is 0 Å². The Labute approximate surface area is 140 Å². The van der Waals surface area contributed by atoms with Gasteiger partial charge in [-0.15, -0.1) is 11.8 Å². The Kier molecular flexibility index (Phi) is 6.31. The van der Waals surface area contributed by atoms with Gasteiger partial charge in [0.15, 0.2) is 6.54 Å². The number of benzene rings is 2. The number of rotatable bonds is 6. The molecule has 0 spiro atoms. The Hall–Kier alpha value is -1.49. The van der Waals surface area contributed by atoms with Crippen LogP contribution in [0.25, 0.3) is 0 Å².